The van der Waals surface area contributed by atoms with Gasteiger partial charge in [-0.2, -0.15) is 0 Å². The molecule has 0 aromatic carbocycles. The Morgan fingerprint density at radius 1 is 1.50 bits per heavy atom. The summed E-state index contributed by atoms with van der Waals surface area (Å²) in [5.74, 6) is 0.328. The van der Waals surface area contributed by atoms with Crippen LogP contribution in [0.3, 0.4) is 0 Å². The summed E-state index contributed by atoms with van der Waals surface area (Å²) in [4.78, 5) is 12.8. The standard InChI is InChI=1S/C11H17BrN2OS/c1-7(2)10(11(15)13-3)14-6-8-4-5-9(12)16-8/h4-5,7,10,14H,6H2,1-3H3,(H,13,15). The minimum atomic E-state index is -0.133. The van der Waals surface area contributed by atoms with E-state index in [1.807, 2.05) is 19.9 Å². The van der Waals surface area contributed by atoms with Gasteiger partial charge >= 0.3 is 0 Å². The molecule has 2 N–H and O–H groups in total. The molecule has 0 saturated carbocycles. The van der Waals surface area contributed by atoms with Gasteiger partial charge < -0.3 is 10.6 Å². The summed E-state index contributed by atoms with van der Waals surface area (Å²) in [6.45, 7) is 4.81. The summed E-state index contributed by atoms with van der Waals surface area (Å²) in [6, 6.07) is 3.94. The fourth-order valence-electron chi connectivity index (χ4n) is 1.44. The molecule has 0 saturated heterocycles. The molecule has 3 nitrogen and oxygen atoms in total. The molecule has 1 unspecified atom stereocenters. The molecule has 0 bridgehead atoms. The number of nitrogens with one attached hydrogen (secondary N) is 2. The van der Waals surface area contributed by atoms with Crippen LogP contribution >= 0.6 is 27.3 Å². The second-order valence-electron chi connectivity index (χ2n) is 3.92. The lowest BCUT2D eigenvalue weighted by atomic mass is 10.0. The third-order valence-electron chi connectivity index (χ3n) is 2.32. The minimum absolute atomic E-state index is 0.0469. The number of carbonyl (C=O) groups excluding carboxylic acids is 1. The second kappa shape index (κ2) is 6.37. The zero-order valence-corrected chi connectivity index (χ0v) is 12.1. The molecule has 90 valence electrons. The Kier molecular flexibility index (Phi) is 5.44. The average molecular weight is 305 g/mol. The molecule has 0 radical (unpaired) electrons. The van der Waals surface area contributed by atoms with Crippen LogP contribution in [0, 0.1) is 5.92 Å². The highest BCUT2D eigenvalue weighted by Crippen LogP contribution is 2.22. The maximum atomic E-state index is 11.6. The van der Waals surface area contributed by atoms with Gasteiger partial charge in [0, 0.05) is 18.5 Å². The van der Waals surface area contributed by atoms with Crippen LogP contribution < -0.4 is 10.6 Å². The Hall–Kier alpha value is -0.390. The molecule has 16 heavy (non-hydrogen) atoms. The van der Waals surface area contributed by atoms with Crippen molar-refractivity contribution in [2.24, 2.45) is 5.92 Å². The molecule has 1 amide bonds. The van der Waals surface area contributed by atoms with Gasteiger partial charge in [0.1, 0.15) is 0 Å². The maximum Gasteiger partial charge on any atom is 0.237 e. The molecule has 5 heteroatoms. The van der Waals surface area contributed by atoms with E-state index in [0.717, 1.165) is 10.3 Å². The first-order valence-corrected chi connectivity index (χ1v) is 6.84. The quantitative estimate of drug-likeness (QED) is 0.877. The van der Waals surface area contributed by atoms with Gasteiger partial charge in [-0.05, 0) is 34.0 Å². The lowest BCUT2D eigenvalue weighted by Crippen LogP contribution is -2.45. The van der Waals surface area contributed by atoms with Crippen molar-refractivity contribution in [2.45, 2.75) is 26.4 Å². The van der Waals surface area contributed by atoms with E-state index in [9.17, 15) is 4.79 Å². The highest BCUT2D eigenvalue weighted by molar-refractivity contribution is 9.11. The van der Waals surface area contributed by atoms with E-state index in [1.165, 1.54) is 4.88 Å². The number of carbonyl (C=O) groups is 1. The molecule has 1 rings (SSSR count). The van der Waals surface area contributed by atoms with Crippen molar-refractivity contribution in [2.75, 3.05) is 7.05 Å². The number of hydrogen-bond acceptors (Lipinski definition) is 3. The van der Waals surface area contributed by atoms with Crippen LogP contribution in [-0.2, 0) is 11.3 Å². The average Bonchev–Trinajstić information content (AvgIpc) is 2.63. The smallest absolute Gasteiger partial charge is 0.237 e. The molecule has 0 aliphatic heterocycles. The summed E-state index contributed by atoms with van der Waals surface area (Å²) < 4.78 is 1.12. The van der Waals surface area contributed by atoms with Crippen LogP contribution in [0.25, 0.3) is 0 Å². The van der Waals surface area contributed by atoms with Gasteiger partial charge in [-0.3, -0.25) is 4.79 Å². The number of rotatable bonds is 5. The Morgan fingerprint density at radius 2 is 2.19 bits per heavy atom. The van der Waals surface area contributed by atoms with E-state index in [4.69, 9.17) is 0 Å². The summed E-state index contributed by atoms with van der Waals surface area (Å²) in [6.07, 6.45) is 0. The van der Waals surface area contributed by atoms with Crippen molar-refractivity contribution >= 4 is 33.2 Å². The van der Waals surface area contributed by atoms with Crippen LogP contribution in [0.1, 0.15) is 18.7 Å². The van der Waals surface area contributed by atoms with Crippen LogP contribution in [0.4, 0.5) is 0 Å². The highest BCUT2D eigenvalue weighted by atomic mass is 79.9. The summed E-state index contributed by atoms with van der Waals surface area (Å²) in [7, 11) is 1.67. The first-order chi connectivity index (χ1) is 7.54. The third kappa shape index (κ3) is 3.88. The first-order valence-electron chi connectivity index (χ1n) is 5.23. The second-order valence-corrected chi connectivity index (χ2v) is 6.47. The van der Waals surface area contributed by atoms with Crippen molar-refractivity contribution < 1.29 is 4.79 Å². The molecular weight excluding hydrogens is 288 g/mol. The number of halogens is 1. The topological polar surface area (TPSA) is 41.1 Å². The number of thiophene rings is 1. The Morgan fingerprint density at radius 3 is 2.62 bits per heavy atom. The van der Waals surface area contributed by atoms with Gasteiger partial charge in [0.2, 0.25) is 5.91 Å². The van der Waals surface area contributed by atoms with Gasteiger partial charge in [-0.25, -0.2) is 0 Å². The van der Waals surface area contributed by atoms with Crippen molar-refractivity contribution in [1.82, 2.24) is 10.6 Å². The SMILES string of the molecule is CNC(=O)C(NCc1ccc(Br)s1)C(C)C. The zero-order chi connectivity index (χ0) is 12.1. The van der Waals surface area contributed by atoms with Crippen LogP contribution in [0.5, 0.6) is 0 Å². The Bertz CT molecular complexity index is 352. The molecular formula is C11H17BrN2OS. The monoisotopic (exact) mass is 304 g/mol. The van der Waals surface area contributed by atoms with Crippen molar-refractivity contribution in [1.29, 1.82) is 0 Å². The van der Waals surface area contributed by atoms with Crippen LogP contribution in [-0.4, -0.2) is 19.0 Å². The van der Waals surface area contributed by atoms with Gasteiger partial charge in [0.25, 0.3) is 0 Å². The highest BCUT2D eigenvalue weighted by Gasteiger charge is 2.20. The fraction of sp³-hybridized carbons (Fsp3) is 0.545. The maximum absolute atomic E-state index is 11.6. The normalized spacial score (nSPS) is 12.8. The van der Waals surface area contributed by atoms with E-state index >= 15 is 0 Å². The summed E-state index contributed by atoms with van der Waals surface area (Å²) in [5, 5.41) is 5.96. The summed E-state index contributed by atoms with van der Waals surface area (Å²) >= 11 is 5.11. The largest absolute Gasteiger partial charge is 0.358 e. The molecule has 0 aliphatic rings. The third-order valence-corrected chi connectivity index (χ3v) is 3.94. The van der Waals surface area contributed by atoms with E-state index in [-0.39, 0.29) is 17.9 Å². The predicted octanol–water partition coefficient (Wildman–Crippen LogP) is 2.37. The molecule has 1 aromatic heterocycles. The molecule has 1 atom stereocenters. The first kappa shape index (κ1) is 13.7. The minimum Gasteiger partial charge on any atom is -0.358 e. The van der Waals surface area contributed by atoms with Crippen molar-refractivity contribution in [3.8, 4) is 0 Å². The number of amides is 1. The predicted molar refractivity (Wildman–Crippen MR) is 71.6 cm³/mol. The number of hydrogen-bond donors (Lipinski definition) is 2. The Balaban J connectivity index is 2.53. The molecule has 0 fully saturated rings. The molecule has 0 aliphatic carbocycles. The van der Waals surface area contributed by atoms with E-state index in [2.05, 4.69) is 32.6 Å². The molecule has 1 heterocycles. The zero-order valence-electron chi connectivity index (χ0n) is 9.71. The van der Waals surface area contributed by atoms with Crippen LogP contribution in [0.15, 0.2) is 15.9 Å². The van der Waals surface area contributed by atoms with Gasteiger partial charge in [-0.1, -0.05) is 13.8 Å². The molecule has 1 aromatic rings. The van der Waals surface area contributed by atoms with Crippen LogP contribution in [0.2, 0.25) is 0 Å². The van der Waals surface area contributed by atoms with Gasteiger partial charge in [-0.15, -0.1) is 11.3 Å². The van der Waals surface area contributed by atoms with E-state index in [1.54, 1.807) is 18.4 Å². The fourth-order valence-corrected chi connectivity index (χ4v) is 2.88. The van der Waals surface area contributed by atoms with Crippen molar-refractivity contribution in [3.05, 3.63) is 20.8 Å². The molecule has 0 spiro atoms. The lowest BCUT2D eigenvalue weighted by molar-refractivity contribution is -0.123. The van der Waals surface area contributed by atoms with Gasteiger partial charge in [0.05, 0.1) is 9.83 Å². The van der Waals surface area contributed by atoms with E-state index < -0.39 is 0 Å². The van der Waals surface area contributed by atoms with E-state index in [0.29, 0.717) is 0 Å². The number of likely N-dealkylation sites (N-methyl/N-ethyl adjacent to an activating group) is 1. The summed E-state index contributed by atoms with van der Waals surface area (Å²) in [5.41, 5.74) is 0. The van der Waals surface area contributed by atoms with Gasteiger partial charge in [0.15, 0.2) is 0 Å². The lowest BCUT2D eigenvalue weighted by Gasteiger charge is -2.20. The van der Waals surface area contributed by atoms with Crippen molar-refractivity contribution in [3.63, 3.8) is 0 Å². The Labute approximate surface area is 109 Å².